The quantitative estimate of drug-likeness (QED) is 0.754. The molecule has 0 amide bonds. The van der Waals surface area contributed by atoms with Gasteiger partial charge in [0.1, 0.15) is 0 Å². The maximum Gasteiger partial charge on any atom is 0.311 e. The minimum absolute atomic E-state index is 0.243. The van der Waals surface area contributed by atoms with Crippen molar-refractivity contribution < 1.29 is 19.4 Å². The number of aliphatic hydroxyl groups is 1. The molecule has 0 aromatic heterocycles. The van der Waals surface area contributed by atoms with E-state index in [1.165, 1.54) is 7.11 Å². The first kappa shape index (κ1) is 14.5. The molecule has 0 aromatic rings. The van der Waals surface area contributed by atoms with E-state index in [1.54, 1.807) is 13.8 Å². The van der Waals surface area contributed by atoms with Gasteiger partial charge in [0.05, 0.1) is 29.8 Å². The fourth-order valence-electron chi connectivity index (χ4n) is 2.44. The zero-order valence-electron chi connectivity index (χ0n) is 11.7. The summed E-state index contributed by atoms with van der Waals surface area (Å²) in [5, 5.41) is 10.2. The molecule has 1 rings (SSSR count). The maximum atomic E-state index is 11.7. The molecule has 0 unspecified atom stereocenters. The van der Waals surface area contributed by atoms with E-state index in [-0.39, 0.29) is 11.9 Å². The third-order valence-corrected chi connectivity index (χ3v) is 4.02. The van der Waals surface area contributed by atoms with Gasteiger partial charge in [-0.15, -0.1) is 0 Å². The van der Waals surface area contributed by atoms with Crippen LogP contribution in [0.1, 0.15) is 47.5 Å². The van der Waals surface area contributed by atoms with E-state index in [4.69, 9.17) is 9.47 Å². The third kappa shape index (κ3) is 2.63. The van der Waals surface area contributed by atoms with Gasteiger partial charge < -0.3 is 14.6 Å². The summed E-state index contributed by atoms with van der Waals surface area (Å²) in [6.07, 6.45) is 1.31. The van der Waals surface area contributed by atoms with Crippen LogP contribution in [0.25, 0.3) is 0 Å². The van der Waals surface area contributed by atoms with Gasteiger partial charge in [-0.1, -0.05) is 0 Å². The van der Waals surface area contributed by atoms with Gasteiger partial charge in [-0.2, -0.15) is 0 Å². The van der Waals surface area contributed by atoms with E-state index >= 15 is 0 Å². The van der Waals surface area contributed by atoms with Crippen molar-refractivity contribution in [1.29, 1.82) is 0 Å². The molecule has 0 radical (unpaired) electrons. The topological polar surface area (TPSA) is 55.8 Å². The fourth-order valence-corrected chi connectivity index (χ4v) is 2.44. The Morgan fingerprint density at radius 2 is 1.94 bits per heavy atom. The van der Waals surface area contributed by atoms with Gasteiger partial charge in [0.15, 0.2) is 0 Å². The second-order valence-electron chi connectivity index (χ2n) is 6.11. The van der Waals surface area contributed by atoms with Crippen LogP contribution < -0.4 is 0 Å². The normalized spacial score (nSPS) is 33.2. The minimum Gasteiger partial charge on any atom is -0.469 e. The summed E-state index contributed by atoms with van der Waals surface area (Å²) in [5.74, 6) is -0.518. The Hall–Kier alpha value is -0.610. The average molecular weight is 244 g/mol. The van der Waals surface area contributed by atoms with Crippen LogP contribution in [-0.2, 0) is 14.3 Å². The number of rotatable bonds is 2. The molecule has 17 heavy (non-hydrogen) atoms. The first-order valence-corrected chi connectivity index (χ1v) is 6.04. The number of hydrogen-bond acceptors (Lipinski definition) is 4. The van der Waals surface area contributed by atoms with E-state index in [0.717, 1.165) is 0 Å². The Balaban J connectivity index is 2.93. The van der Waals surface area contributed by atoms with Crippen LogP contribution in [0.4, 0.5) is 0 Å². The molecular weight excluding hydrogens is 220 g/mol. The lowest BCUT2D eigenvalue weighted by atomic mass is 9.73. The Bertz CT molecular complexity index is 303. The summed E-state index contributed by atoms with van der Waals surface area (Å²) in [5.41, 5.74) is -2.20. The Kier molecular flexibility index (Phi) is 3.61. The molecule has 0 saturated carbocycles. The van der Waals surface area contributed by atoms with Gasteiger partial charge in [-0.3, -0.25) is 4.79 Å². The Morgan fingerprint density at radius 1 is 1.41 bits per heavy atom. The van der Waals surface area contributed by atoms with Gasteiger partial charge in [-0.05, 0) is 47.5 Å². The monoisotopic (exact) mass is 244 g/mol. The van der Waals surface area contributed by atoms with Crippen LogP contribution in [-0.4, -0.2) is 35.0 Å². The van der Waals surface area contributed by atoms with E-state index < -0.39 is 16.8 Å². The van der Waals surface area contributed by atoms with E-state index in [2.05, 4.69) is 0 Å². The molecule has 0 aromatic carbocycles. The first-order valence-electron chi connectivity index (χ1n) is 6.04. The van der Waals surface area contributed by atoms with E-state index in [0.29, 0.717) is 12.8 Å². The highest BCUT2D eigenvalue weighted by atomic mass is 16.6. The molecule has 1 N–H and O–H groups in total. The van der Waals surface area contributed by atoms with Gasteiger partial charge in [-0.25, -0.2) is 0 Å². The highest BCUT2D eigenvalue weighted by molar-refractivity contribution is 5.73. The lowest BCUT2D eigenvalue weighted by Crippen LogP contribution is -2.60. The van der Waals surface area contributed by atoms with Crippen LogP contribution in [0, 0.1) is 5.92 Å². The molecule has 1 fully saturated rings. The summed E-state index contributed by atoms with van der Waals surface area (Å²) in [4.78, 5) is 11.7. The largest absolute Gasteiger partial charge is 0.469 e. The minimum atomic E-state index is -0.939. The van der Waals surface area contributed by atoms with Crippen LogP contribution in [0.15, 0.2) is 0 Å². The highest BCUT2D eigenvalue weighted by Gasteiger charge is 2.52. The summed E-state index contributed by atoms with van der Waals surface area (Å²) in [6, 6.07) is 0. The molecular formula is C13H24O4. The van der Waals surface area contributed by atoms with Crippen molar-refractivity contribution in [3.63, 3.8) is 0 Å². The lowest BCUT2D eigenvalue weighted by molar-refractivity contribution is -0.255. The van der Waals surface area contributed by atoms with Gasteiger partial charge in [0.25, 0.3) is 0 Å². The zero-order chi connectivity index (χ0) is 13.5. The molecule has 1 saturated heterocycles. The maximum absolute atomic E-state index is 11.7. The van der Waals surface area contributed by atoms with Crippen LogP contribution in [0.2, 0.25) is 0 Å². The molecule has 1 aliphatic heterocycles. The summed E-state index contributed by atoms with van der Waals surface area (Å²) in [6.45, 7) is 9.11. The molecule has 2 atom stereocenters. The van der Waals surface area contributed by atoms with E-state index in [9.17, 15) is 9.90 Å². The molecule has 100 valence electrons. The molecule has 4 heteroatoms. The highest BCUT2D eigenvalue weighted by Crippen LogP contribution is 2.44. The summed E-state index contributed by atoms with van der Waals surface area (Å²) < 4.78 is 10.8. The standard InChI is InChI=1S/C13H24O4/c1-11(2)9(10(14)16-6)7-8-13(5,17-11)12(3,4)15/h9,15H,7-8H2,1-6H3/t9-,13+/m0/s1. The number of ether oxygens (including phenoxy) is 2. The molecule has 0 spiro atoms. The molecule has 1 aliphatic rings. The van der Waals surface area contributed by atoms with Crippen molar-refractivity contribution in [3.8, 4) is 0 Å². The molecule has 4 nitrogen and oxygen atoms in total. The van der Waals surface area contributed by atoms with Gasteiger partial charge in [0, 0.05) is 0 Å². The average Bonchev–Trinajstić information content (AvgIpc) is 2.13. The number of methoxy groups -OCH3 is 1. The molecule has 0 bridgehead atoms. The van der Waals surface area contributed by atoms with Crippen LogP contribution in [0.3, 0.4) is 0 Å². The van der Waals surface area contributed by atoms with Gasteiger partial charge >= 0.3 is 5.97 Å². The SMILES string of the molecule is COC(=O)[C@@H]1CC[C@](C)(C(C)(C)O)OC1(C)C. The van der Waals surface area contributed by atoms with Crippen molar-refractivity contribution in [2.24, 2.45) is 5.92 Å². The predicted molar refractivity (Wildman–Crippen MR) is 64.6 cm³/mol. The van der Waals surface area contributed by atoms with Crippen molar-refractivity contribution in [2.45, 2.75) is 64.3 Å². The Morgan fingerprint density at radius 3 is 2.29 bits per heavy atom. The van der Waals surface area contributed by atoms with Gasteiger partial charge in [0.2, 0.25) is 0 Å². The first-order chi connectivity index (χ1) is 7.53. The Labute approximate surface area is 103 Å². The van der Waals surface area contributed by atoms with Crippen molar-refractivity contribution in [1.82, 2.24) is 0 Å². The number of esters is 1. The fraction of sp³-hybridized carbons (Fsp3) is 0.923. The van der Waals surface area contributed by atoms with Crippen molar-refractivity contribution >= 4 is 5.97 Å². The van der Waals surface area contributed by atoms with Crippen LogP contribution in [0.5, 0.6) is 0 Å². The number of carbonyl (C=O) groups excluding carboxylic acids is 1. The van der Waals surface area contributed by atoms with Crippen molar-refractivity contribution in [2.75, 3.05) is 7.11 Å². The number of hydrogen-bond donors (Lipinski definition) is 1. The molecule has 0 aliphatic carbocycles. The van der Waals surface area contributed by atoms with Crippen LogP contribution >= 0.6 is 0 Å². The lowest BCUT2D eigenvalue weighted by Gasteiger charge is -2.51. The molecule has 1 heterocycles. The van der Waals surface area contributed by atoms with E-state index in [1.807, 2.05) is 20.8 Å². The summed E-state index contributed by atoms with van der Waals surface area (Å²) in [7, 11) is 1.39. The smallest absolute Gasteiger partial charge is 0.311 e. The predicted octanol–water partition coefficient (Wildman–Crippen LogP) is 1.89. The second-order valence-corrected chi connectivity index (χ2v) is 6.11. The van der Waals surface area contributed by atoms with Crippen molar-refractivity contribution in [3.05, 3.63) is 0 Å². The summed E-state index contributed by atoms with van der Waals surface area (Å²) >= 11 is 0. The second kappa shape index (κ2) is 4.25. The zero-order valence-corrected chi connectivity index (χ0v) is 11.7. The third-order valence-electron chi connectivity index (χ3n) is 4.02. The number of carbonyl (C=O) groups is 1.